The summed E-state index contributed by atoms with van der Waals surface area (Å²) in [4.78, 5) is -0.316. The lowest BCUT2D eigenvalue weighted by Crippen LogP contribution is -1.99. The maximum atomic E-state index is 12.0. The zero-order valence-electron chi connectivity index (χ0n) is 13.9. The third kappa shape index (κ3) is 3.14. The predicted octanol–water partition coefficient (Wildman–Crippen LogP) is 5.36. The molecule has 4 aromatic carbocycles. The lowest BCUT2D eigenvalue weighted by atomic mass is 10.1. The number of fused-ring (bicyclic) bond motifs is 2. The molecule has 0 spiro atoms. The Hall–Kier alpha value is -3.29. The van der Waals surface area contributed by atoms with Crippen molar-refractivity contribution < 1.29 is 18.1 Å². The van der Waals surface area contributed by atoms with E-state index < -0.39 is 10.1 Å². The maximum Gasteiger partial charge on any atom is 0.297 e. The Kier molecular flexibility index (Phi) is 4.10. The quantitative estimate of drug-likeness (QED) is 0.370. The molecular weight excluding hydrogens is 364 g/mol. The van der Waals surface area contributed by atoms with Gasteiger partial charge in [0.05, 0.1) is 0 Å². The van der Waals surface area contributed by atoms with Gasteiger partial charge in [-0.1, -0.05) is 60.7 Å². The standard InChI is InChI=1S/C20H14N2O4S/c23-18-12-10-13-5-1-3-7-15(13)19(18)22-21-17-11-9-14-6-2-4-8-16(14)20(17)27(24,25)26/h1-12,23H,(H,24,25,26). The van der Waals surface area contributed by atoms with Crippen LogP contribution in [-0.2, 0) is 10.1 Å². The van der Waals surface area contributed by atoms with E-state index in [4.69, 9.17) is 0 Å². The SMILES string of the molecule is O=S(=O)(O)c1c(N=Nc2c(O)ccc3ccccc23)ccc2ccccc12. The van der Waals surface area contributed by atoms with Gasteiger partial charge in [0.1, 0.15) is 22.0 Å². The van der Waals surface area contributed by atoms with Crippen molar-refractivity contribution in [3.8, 4) is 5.75 Å². The number of phenols is 1. The van der Waals surface area contributed by atoms with E-state index in [0.717, 1.165) is 5.39 Å². The number of rotatable bonds is 3. The summed E-state index contributed by atoms with van der Waals surface area (Å²) < 4.78 is 33.6. The van der Waals surface area contributed by atoms with Gasteiger partial charge in [0, 0.05) is 10.8 Å². The number of nitrogens with zero attached hydrogens (tertiary/aromatic N) is 2. The monoisotopic (exact) mass is 378 g/mol. The Balaban J connectivity index is 1.94. The van der Waals surface area contributed by atoms with Gasteiger partial charge in [0.15, 0.2) is 0 Å². The Morgan fingerprint density at radius 2 is 1.30 bits per heavy atom. The molecule has 6 nitrogen and oxygen atoms in total. The van der Waals surface area contributed by atoms with Crippen LogP contribution in [0.2, 0.25) is 0 Å². The van der Waals surface area contributed by atoms with Crippen molar-refractivity contribution in [2.24, 2.45) is 10.2 Å². The highest BCUT2D eigenvalue weighted by Crippen LogP contribution is 2.38. The van der Waals surface area contributed by atoms with Gasteiger partial charge < -0.3 is 5.11 Å². The van der Waals surface area contributed by atoms with E-state index >= 15 is 0 Å². The van der Waals surface area contributed by atoms with Crippen molar-refractivity contribution >= 4 is 43.0 Å². The fourth-order valence-corrected chi connectivity index (χ4v) is 3.87. The number of azo groups is 1. The van der Waals surface area contributed by atoms with Crippen LogP contribution < -0.4 is 0 Å². The van der Waals surface area contributed by atoms with E-state index in [9.17, 15) is 18.1 Å². The minimum absolute atomic E-state index is 0.0106. The molecule has 2 N–H and O–H groups in total. The summed E-state index contributed by atoms with van der Waals surface area (Å²) in [5.41, 5.74) is 0.214. The first kappa shape index (κ1) is 17.1. The van der Waals surface area contributed by atoms with Gasteiger partial charge in [0.25, 0.3) is 10.1 Å². The average molecular weight is 378 g/mol. The minimum atomic E-state index is -4.53. The van der Waals surface area contributed by atoms with Crippen molar-refractivity contribution in [3.05, 3.63) is 72.8 Å². The molecule has 0 amide bonds. The summed E-state index contributed by atoms with van der Waals surface area (Å²) in [6, 6.07) is 20.5. The Labute approximate surface area is 155 Å². The molecule has 7 heteroatoms. The van der Waals surface area contributed by atoms with Crippen LogP contribution in [-0.4, -0.2) is 18.1 Å². The van der Waals surface area contributed by atoms with Crippen LogP contribution in [0.25, 0.3) is 21.5 Å². The molecule has 0 heterocycles. The molecule has 0 fully saturated rings. The lowest BCUT2D eigenvalue weighted by molar-refractivity contribution is 0.477. The van der Waals surface area contributed by atoms with Crippen LogP contribution in [0.15, 0.2) is 87.9 Å². The normalized spacial score (nSPS) is 12.2. The average Bonchev–Trinajstić information content (AvgIpc) is 2.66. The molecule has 0 aliphatic carbocycles. The van der Waals surface area contributed by atoms with E-state index in [1.54, 1.807) is 48.5 Å². The molecule has 4 rings (SSSR count). The minimum Gasteiger partial charge on any atom is -0.506 e. The highest BCUT2D eigenvalue weighted by molar-refractivity contribution is 7.86. The zero-order valence-corrected chi connectivity index (χ0v) is 14.8. The third-order valence-electron chi connectivity index (χ3n) is 4.25. The van der Waals surface area contributed by atoms with Crippen LogP contribution in [0.4, 0.5) is 11.4 Å². The molecule has 0 saturated carbocycles. The Bertz CT molecular complexity index is 1310. The van der Waals surface area contributed by atoms with Gasteiger partial charge in [0.2, 0.25) is 0 Å². The molecule has 0 radical (unpaired) electrons. The summed E-state index contributed by atoms with van der Waals surface area (Å²) in [6.07, 6.45) is 0. The second-order valence-corrected chi connectivity index (χ2v) is 7.32. The number of hydrogen-bond donors (Lipinski definition) is 2. The topological polar surface area (TPSA) is 99.3 Å². The molecule has 27 heavy (non-hydrogen) atoms. The maximum absolute atomic E-state index is 12.0. The Morgan fingerprint density at radius 1 is 0.704 bits per heavy atom. The highest BCUT2D eigenvalue weighted by Gasteiger charge is 2.19. The van der Waals surface area contributed by atoms with Gasteiger partial charge in [-0.15, -0.1) is 10.2 Å². The van der Waals surface area contributed by atoms with Crippen LogP contribution in [0.5, 0.6) is 5.75 Å². The van der Waals surface area contributed by atoms with E-state index in [0.29, 0.717) is 16.2 Å². The zero-order chi connectivity index (χ0) is 19.0. The molecular formula is C20H14N2O4S. The van der Waals surface area contributed by atoms with Gasteiger partial charge in [-0.2, -0.15) is 8.42 Å². The summed E-state index contributed by atoms with van der Waals surface area (Å²) >= 11 is 0. The van der Waals surface area contributed by atoms with Crippen LogP contribution >= 0.6 is 0 Å². The lowest BCUT2D eigenvalue weighted by Gasteiger charge is -2.07. The molecule has 0 aromatic heterocycles. The van der Waals surface area contributed by atoms with Crippen molar-refractivity contribution in [2.45, 2.75) is 4.90 Å². The van der Waals surface area contributed by atoms with Crippen LogP contribution in [0.3, 0.4) is 0 Å². The molecule has 0 bridgehead atoms. The van der Waals surface area contributed by atoms with Gasteiger partial charge in [-0.05, 0) is 22.9 Å². The molecule has 0 atom stereocenters. The molecule has 0 aliphatic heterocycles. The first-order valence-electron chi connectivity index (χ1n) is 8.07. The fourth-order valence-electron chi connectivity index (χ4n) is 3.03. The largest absolute Gasteiger partial charge is 0.506 e. The smallest absolute Gasteiger partial charge is 0.297 e. The van der Waals surface area contributed by atoms with Crippen molar-refractivity contribution in [2.75, 3.05) is 0 Å². The first-order valence-corrected chi connectivity index (χ1v) is 9.51. The second kappa shape index (κ2) is 6.46. The first-order chi connectivity index (χ1) is 12.9. The van der Waals surface area contributed by atoms with E-state index in [1.807, 2.05) is 12.1 Å². The van der Waals surface area contributed by atoms with Crippen molar-refractivity contribution in [3.63, 3.8) is 0 Å². The number of aromatic hydroxyl groups is 1. The summed E-state index contributed by atoms with van der Waals surface area (Å²) in [6.45, 7) is 0. The molecule has 4 aromatic rings. The number of hydrogen-bond acceptors (Lipinski definition) is 5. The van der Waals surface area contributed by atoms with E-state index in [2.05, 4.69) is 10.2 Å². The van der Waals surface area contributed by atoms with E-state index in [-0.39, 0.29) is 22.0 Å². The van der Waals surface area contributed by atoms with Gasteiger partial charge in [-0.25, -0.2) is 0 Å². The molecule has 0 aliphatic rings. The highest BCUT2D eigenvalue weighted by atomic mass is 32.2. The van der Waals surface area contributed by atoms with Crippen molar-refractivity contribution in [1.29, 1.82) is 0 Å². The van der Waals surface area contributed by atoms with Crippen LogP contribution in [0.1, 0.15) is 0 Å². The van der Waals surface area contributed by atoms with E-state index in [1.165, 1.54) is 12.1 Å². The Morgan fingerprint density at radius 3 is 2.00 bits per heavy atom. The number of phenolic OH excluding ortho intramolecular Hbond substituents is 1. The fraction of sp³-hybridized carbons (Fsp3) is 0. The summed E-state index contributed by atoms with van der Waals surface area (Å²) in [5, 5.41) is 20.8. The molecule has 0 unspecified atom stereocenters. The summed E-state index contributed by atoms with van der Waals surface area (Å²) in [5.74, 6) is -0.0772. The second-order valence-electron chi connectivity index (χ2n) is 5.96. The van der Waals surface area contributed by atoms with Gasteiger partial charge in [-0.3, -0.25) is 4.55 Å². The van der Waals surface area contributed by atoms with Crippen LogP contribution in [0, 0.1) is 0 Å². The summed E-state index contributed by atoms with van der Waals surface area (Å²) in [7, 11) is -4.53. The molecule has 134 valence electrons. The predicted molar refractivity (Wildman–Crippen MR) is 104 cm³/mol. The van der Waals surface area contributed by atoms with Crippen molar-refractivity contribution in [1.82, 2.24) is 0 Å². The molecule has 0 saturated heterocycles. The third-order valence-corrected chi connectivity index (χ3v) is 5.20. The van der Waals surface area contributed by atoms with Gasteiger partial charge >= 0.3 is 0 Å². The number of benzene rings is 4.